The SMILES string of the molecule is Cc1cc(=O)n2c(C(=O)Nc3ccc(Cl)cc3)c(C(=O)Nc3cc(Cl)cc(Cl)c3)sc2n1. The van der Waals surface area contributed by atoms with E-state index in [1.54, 1.807) is 31.2 Å². The Bertz CT molecular complexity index is 1410. The van der Waals surface area contributed by atoms with Gasteiger partial charge >= 0.3 is 0 Å². The molecule has 0 fully saturated rings. The lowest BCUT2D eigenvalue weighted by molar-refractivity contribution is 0.0989. The number of halogens is 3. The lowest BCUT2D eigenvalue weighted by atomic mass is 10.2. The number of aromatic nitrogens is 2. The Morgan fingerprint density at radius 1 is 0.875 bits per heavy atom. The third kappa shape index (κ3) is 4.63. The van der Waals surface area contributed by atoms with Crippen LogP contribution in [0.4, 0.5) is 11.4 Å². The van der Waals surface area contributed by atoms with Crippen LogP contribution in [-0.2, 0) is 0 Å². The molecule has 4 rings (SSSR count). The first-order chi connectivity index (χ1) is 15.2. The number of anilines is 2. The molecule has 0 aliphatic rings. The summed E-state index contributed by atoms with van der Waals surface area (Å²) in [6.45, 7) is 1.66. The number of thiazole rings is 1. The highest BCUT2D eigenvalue weighted by molar-refractivity contribution is 7.19. The van der Waals surface area contributed by atoms with Gasteiger partial charge in [0.1, 0.15) is 10.6 Å². The van der Waals surface area contributed by atoms with Gasteiger partial charge in [-0.15, -0.1) is 0 Å². The van der Waals surface area contributed by atoms with E-state index in [0.29, 0.717) is 32.1 Å². The van der Waals surface area contributed by atoms with Gasteiger partial charge in [0.25, 0.3) is 17.4 Å². The second kappa shape index (κ2) is 8.91. The first kappa shape index (κ1) is 22.3. The highest BCUT2D eigenvalue weighted by Crippen LogP contribution is 2.26. The van der Waals surface area contributed by atoms with E-state index in [1.165, 1.54) is 24.3 Å². The molecule has 0 spiro atoms. The number of nitrogens with one attached hydrogen (secondary N) is 2. The van der Waals surface area contributed by atoms with Crippen molar-refractivity contribution in [3.05, 3.63) is 90.2 Å². The maximum atomic E-state index is 13.2. The van der Waals surface area contributed by atoms with Gasteiger partial charge in [-0.3, -0.25) is 14.4 Å². The second-order valence-electron chi connectivity index (χ2n) is 6.71. The van der Waals surface area contributed by atoms with Crippen molar-refractivity contribution >= 4 is 74.3 Å². The minimum atomic E-state index is -0.652. The van der Waals surface area contributed by atoms with E-state index in [1.807, 2.05) is 0 Å². The van der Waals surface area contributed by atoms with Crippen LogP contribution in [0.1, 0.15) is 25.9 Å². The minimum absolute atomic E-state index is 0.00256. The van der Waals surface area contributed by atoms with Crippen LogP contribution in [0, 0.1) is 6.92 Å². The Labute approximate surface area is 200 Å². The summed E-state index contributed by atoms with van der Waals surface area (Å²) < 4.78 is 1.11. The molecule has 2 heterocycles. The molecule has 2 aromatic carbocycles. The number of hydrogen-bond donors (Lipinski definition) is 2. The van der Waals surface area contributed by atoms with Crippen molar-refractivity contribution < 1.29 is 9.59 Å². The average Bonchev–Trinajstić information content (AvgIpc) is 3.09. The molecule has 0 saturated heterocycles. The lowest BCUT2D eigenvalue weighted by Crippen LogP contribution is -2.25. The quantitative estimate of drug-likeness (QED) is 0.380. The summed E-state index contributed by atoms with van der Waals surface area (Å²) in [7, 11) is 0. The van der Waals surface area contributed by atoms with Crippen molar-refractivity contribution in [2.75, 3.05) is 10.6 Å². The molecule has 2 amide bonds. The number of hydrogen-bond acceptors (Lipinski definition) is 5. The van der Waals surface area contributed by atoms with E-state index in [4.69, 9.17) is 34.8 Å². The van der Waals surface area contributed by atoms with Gasteiger partial charge in [0.15, 0.2) is 4.96 Å². The summed E-state index contributed by atoms with van der Waals surface area (Å²) in [5.41, 5.74) is 0.637. The third-order valence-electron chi connectivity index (χ3n) is 4.29. The van der Waals surface area contributed by atoms with Crippen molar-refractivity contribution in [2.45, 2.75) is 6.92 Å². The van der Waals surface area contributed by atoms with E-state index in [2.05, 4.69) is 15.6 Å². The van der Waals surface area contributed by atoms with Crippen LogP contribution in [0.3, 0.4) is 0 Å². The number of aryl methyl sites for hydroxylation is 1. The summed E-state index contributed by atoms with van der Waals surface area (Å²) >= 11 is 18.8. The van der Waals surface area contributed by atoms with Crippen LogP contribution >= 0.6 is 46.1 Å². The van der Waals surface area contributed by atoms with E-state index in [-0.39, 0.29) is 15.5 Å². The molecule has 0 aliphatic heterocycles. The number of amides is 2. The molecule has 11 heteroatoms. The zero-order valence-corrected chi connectivity index (χ0v) is 19.4. The van der Waals surface area contributed by atoms with Gasteiger partial charge < -0.3 is 10.6 Å². The monoisotopic (exact) mass is 506 g/mol. The smallest absolute Gasteiger partial charge is 0.274 e. The normalized spacial score (nSPS) is 10.9. The first-order valence-corrected chi connectivity index (χ1v) is 11.0. The molecule has 32 heavy (non-hydrogen) atoms. The Hall–Kier alpha value is -2.91. The van der Waals surface area contributed by atoms with Crippen LogP contribution < -0.4 is 16.2 Å². The molecule has 4 aromatic rings. The fourth-order valence-electron chi connectivity index (χ4n) is 2.98. The number of fused-ring (bicyclic) bond motifs is 1. The topological polar surface area (TPSA) is 92.6 Å². The second-order valence-corrected chi connectivity index (χ2v) is 8.99. The Morgan fingerprint density at radius 3 is 2.16 bits per heavy atom. The van der Waals surface area contributed by atoms with Crippen LogP contribution in [0.15, 0.2) is 53.3 Å². The van der Waals surface area contributed by atoms with Crippen molar-refractivity contribution in [3.8, 4) is 0 Å². The van der Waals surface area contributed by atoms with E-state index in [0.717, 1.165) is 15.7 Å². The predicted octanol–water partition coefficient (Wildman–Crippen LogP) is 5.53. The van der Waals surface area contributed by atoms with Gasteiger partial charge in [0.05, 0.1) is 0 Å². The number of carbonyl (C=O) groups excluding carboxylic acids is 2. The van der Waals surface area contributed by atoms with Gasteiger partial charge in [0.2, 0.25) is 0 Å². The molecule has 2 aromatic heterocycles. The molecule has 0 atom stereocenters. The predicted molar refractivity (Wildman–Crippen MR) is 128 cm³/mol. The molecule has 0 aliphatic carbocycles. The number of rotatable bonds is 4. The fourth-order valence-corrected chi connectivity index (χ4v) is 4.70. The van der Waals surface area contributed by atoms with Crippen LogP contribution in [0.2, 0.25) is 15.1 Å². The molecule has 0 unspecified atom stereocenters. The van der Waals surface area contributed by atoms with E-state index in [9.17, 15) is 14.4 Å². The minimum Gasteiger partial charge on any atom is -0.321 e. The molecular weight excluding hydrogens is 495 g/mol. The standard InChI is InChI=1S/C21H13Cl3N4O3S/c1-10-6-16(29)28-17(19(30)26-14-4-2-11(22)3-5-14)18(32-21(28)25-10)20(31)27-15-8-12(23)7-13(24)9-15/h2-9H,1H3,(H,26,30)(H,27,31). The molecular formula is C21H13Cl3N4O3S. The number of nitrogens with zero attached hydrogens (tertiary/aromatic N) is 2. The van der Waals surface area contributed by atoms with Gasteiger partial charge in [-0.05, 0) is 49.4 Å². The maximum absolute atomic E-state index is 13.2. The van der Waals surface area contributed by atoms with Crippen LogP contribution in [0.5, 0.6) is 0 Å². The zero-order valence-electron chi connectivity index (χ0n) is 16.3. The molecule has 162 valence electrons. The molecule has 0 bridgehead atoms. The van der Waals surface area contributed by atoms with Crippen LogP contribution in [0.25, 0.3) is 4.96 Å². The van der Waals surface area contributed by atoms with E-state index >= 15 is 0 Å². The Balaban J connectivity index is 1.79. The Kier molecular flexibility index (Phi) is 6.21. The van der Waals surface area contributed by atoms with Gasteiger partial charge in [0, 0.05) is 38.2 Å². The fraction of sp³-hybridized carbons (Fsp3) is 0.0476. The summed E-state index contributed by atoms with van der Waals surface area (Å²) in [6, 6.07) is 12.3. The average molecular weight is 508 g/mol. The molecule has 0 saturated carbocycles. The van der Waals surface area contributed by atoms with Crippen molar-refractivity contribution in [3.63, 3.8) is 0 Å². The van der Waals surface area contributed by atoms with Crippen molar-refractivity contribution in [1.82, 2.24) is 9.38 Å². The van der Waals surface area contributed by atoms with Gasteiger partial charge in [-0.2, -0.15) is 0 Å². The molecule has 2 N–H and O–H groups in total. The first-order valence-electron chi connectivity index (χ1n) is 9.09. The lowest BCUT2D eigenvalue weighted by Gasteiger charge is -2.09. The number of carbonyl (C=O) groups is 2. The van der Waals surface area contributed by atoms with Crippen LogP contribution in [-0.4, -0.2) is 21.2 Å². The summed E-state index contributed by atoms with van der Waals surface area (Å²) in [5.74, 6) is -1.27. The highest BCUT2D eigenvalue weighted by Gasteiger charge is 2.26. The van der Waals surface area contributed by atoms with Gasteiger partial charge in [-0.1, -0.05) is 46.1 Å². The Morgan fingerprint density at radius 2 is 1.50 bits per heavy atom. The molecule has 7 nitrogen and oxygen atoms in total. The zero-order chi connectivity index (χ0) is 23.0. The van der Waals surface area contributed by atoms with E-state index < -0.39 is 17.4 Å². The largest absolute Gasteiger partial charge is 0.321 e. The number of benzene rings is 2. The maximum Gasteiger partial charge on any atom is 0.274 e. The third-order valence-corrected chi connectivity index (χ3v) is 6.02. The summed E-state index contributed by atoms with van der Waals surface area (Å²) in [4.78, 5) is 43.4. The van der Waals surface area contributed by atoms with Crippen molar-refractivity contribution in [1.29, 1.82) is 0 Å². The highest BCUT2D eigenvalue weighted by atomic mass is 35.5. The van der Waals surface area contributed by atoms with Gasteiger partial charge in [-0.25, -0.2) is 9.38 Å². The van der Waals surface area contributed by atoms with Crippen molar-refractivity contribution in [2.24, 2.45) is 0 Å². The summed E-state index contributed by atoms with van der Waals surface area (Å²) in [6.07, 6.45) is 0. The molecule has 0 radical (unpaired) electrons. The summed E-state index contributed by atoms with van der Waals surface area (Å²) in [5, 5.41) is 6.51.